The number of aromatic nitrogens is 2. The van der Waals surface area contributed by atoms with Crippen molar-refractivity contribution in [2.75, 3.05) is 11.9 Å². The van der Waals surface area contributed by atoms with Gasteiger partial charge >= 0.3 is 10.3 Å². The van der Waals surface area contributed by atoms with Crippen LogP contribution >= 0.6 is 11.6 Å². The molecule has 0 aliphatic heterocycles. The molecule has 1 fully saturated rings. The van der Waals surface area contributed by atoms with E-state index in [-0.39, 0.29) is 35.7 Å². The number of hydrogen-bond acceptors (Lipinski definition) is 8. The summed E-state index contributed by atoms with van der Waals surface area (Å²) in [7, 11) is -3.96. The average Bonchev–Trinajstić information content (AvgIpc) is 3.42. The van der Waals surface area contributed by atoms with Gasteiger partial charge in [-0.05, 0) is 49.4 Å². The molecule has 2 atom stereocenters. The molecule has 2 heterocycles. The molecule has 0 radical (unpaired) electrons. The van der Waals surface area contributed by atoms with Gasteiger partial charge in [-0.1, -0.05) is 23.7 Å². The van der Waals surface area contributed by atoms with Crippen molar-refractivity contribution in [1.82, 2.24) is 9.97 Å². The molecule has 32 heavy (non-hydrogen) atoms. The van der Waals surface area contributed by atoms with Gasteiger partial charge in [-0.2, -0.15) is 8.42 Å². The number of benzene rings is 1. The Hall–Kier alpha value is -2.79. The van der Waals surface area contributed by atoms with Crippen LogP contribution in [0.2, 0.25) is 5.02 Å². The molecule has 0 saturated heterocycles. The first-order valence-electron chi connectivity index (χ1n) is 9.93. The maximum atomic E-state index is 13.1. The van der Waals surface area contributed by atoms with Crippen molar-refractivity contribution in [3.8, 4) is 11.3 Å². The molecule has 0 bridgehead atoms. The Morgan fingerprint density at radius 3 is 2.84 bits per heavy atom. The van der Waals surface area contributed by atoms with Gasteiger partial charge in [0.15, 0.2) is 5.76 Å². The molecule has 2 aromatic heterocycles. The van der Waals surface area contributed by atoms with E-state index in [0.29, 0.717) is 28.6 Å². The second kappa shape index (κ2) is 9.37. The van der Waals surface area contributed by atoms with Crippen LogP contribution < -0.4 is 10.5 Å². The van der Waals surface area contributed by atoms with Crippen molar-refractivity contribution in [3.05, 3.63) is 65.3 Å². The van der Waals surface area contributed by atoms with Gasteiger partial charge in [-0.3, -0.25) is 8.98 Å². The quantitative estimate of drug-likeness (QED) is 0.471. The zero-order chi connectivity index (χ0) is 22.7. The molecule has 3 N–H and O–H groups in total. The minimum atomic E-state index is -3.96. The number of halogens is 1. The molecule has 11 heteroatoms. The fourth-order valence-electron chi connectivity index (χ4n) is 3.75. The molecule has 0 amide bonds. The number of nitrogens with zero attached hydrogens (tertiary/aromatic N) is 2. The SMILES string of the molecule is NS(=O)(=O)OCC1CC[C@H](Nc2ncncc2C(=O)c2ccc(-c3ccccc3Cl)o2)C1. The van der Waals surface area contributed by atoms with Crippen molar-refractivity contribution >= 4 is 33.5 Å². The predicted octanol–water partition coefficient (Wildman–Crippen LogP) is 3.42. The smallest absolute Gasteiger partial charge is 0.333 e. The number of furan rings is 1. The fourth-order valence-corrected chi connectivity index (χ4v) is 4.36. The molecule has 1 saturated carbocycles. The van der Waals surface area contributed by atoms with Crippen molar-refractivity contribution in [1.29, 1.82) is 0 Å². The van der Waals surface area contributed by atoms with E-state index in [1.165, 1.54) is 12.5 Å². The van der Waals surface area contributed by atoms with Crippen LogP contribution in [0.15, 0.2) is 53.3 Å². The van der Waals surface area contributed by atoms with Crippen LogP contribution in [0.4, 0.5) is 5.82 Å². The van der Waals surface area contributed by atoms with Crippen LogP contribution in [0.1, 0.15) is 35.4 Å². The lowest BCUT2D eigenvalue weighted by molar-refractivity contribution is 0.101. The number of nitrogens with one attached hydrogen (secondary N) is 1. The van der Waals surface area contributed by atoms with Crippen LogP contribution in [0, 0.1) is 5.92 Å². The van der Waals surface area contributed by atoms with Crippen LogP contribution in [0.25, 0.3) is 11.3 Å². The average molecular weight is 477 g/mol. The van der Waals surface area contributed by atoms with Crippen molar-refractivity contribution < 1.29 is 21.8 Å². The third kappa shape index (κ3) is 5.33. The first-order chi connectivity index (χ1) is 15.3. The Morgan fingerprint density at radius 1 is 1.25 bits per heavy atom. The summed E-state index contributed by atoms with van der Waals surface area (Å²) in [5, 5.41) is 8.68. The van der Waals surface area contributed by atoms with Gasteiger partial charge in [0.2, 0.25) is 5.78 Å². The minimum Gasteiger partial charge on any atom is -0.453 e. The summed E-state index contributed by atoms with van der Waals surface area (Å²) in [5.74, 6) is 0.690. The molecule has 4 rings (SSSR count). The summed E-state index contributed by atoms with van der Waals surface area (Å²) in [5.41, 5.74) is 0.964. The monoisotopic (exact) mass is 476 g/mol. The van der Waals surface area contributed by atoms with Gasteiger partial charge in [0, 0.05) is 17.8 Å². The van der Waals surface area contributed by atoms with Gasteiger partial charge in [-0.25, -0.2) is 15.1 Å². The van der Waals surface area contributed by atoms with Gasteiger partial charge in [-0.15, -0.1) is 0 Å². The van der Waals surface area contributed by atoms with Gasteiger partial charge in [0.25, 0.3) is 0 Å². The number of anilines is 1. The Labute approximate surface area is 190 Å². The number of hydrogen-bond donors (Lipinski definition) is 2. The van der Waals surface area contributed by atoms with Crippen molar-refractivity contribution in [2.45, 2.75) is 25.3 Å². The zero-order valence-corrected chi connectivity index (χ0v) is 18.5. The van der Waals surface area contributed by atoms with E-state index in [4.69, 9.17) is 25.3 Å². The molecular weight excluding hydrogens is 456 g/mol. The number of carbonyl (C=O) groups is 1. The number of carbonyl (C=O) groups excluding carboxylic acids is 1. The lowest BCUT2D eigenvalue weighted by Crippen LogP contribution is -2.22. The summed E-state index contributed by atoms with van der Waals surface area (Å²) in [6.07, 6.45) is 4.98. The van der Waals surface area contributed by atoms with E-state index < -0.39 is 10.3 Å². The highest BCUT2D eigenvalue weighted by molar-refractivity contribution is 7.84. The summed E-state index contributed by atoms with van der Waals surface area (Å²) in [6.45, 7) is 0.0315. The van der Waals surface area contributed by atoms with Gasteiger partial charge < -0.3 is 9.73 Å². The van der Waals surface area contributed by atoms with E-state index in [1.54, 1.807) is 18.2 Å². The Morgan fingerprint density at radius 2 is 2.06 bits per heavy atom. The second-order valence-electron chi connectivity index (χ2n) is 7.56. The minimum absolute atomic E-state index is 0.000755. The van der Waals surface area contributed by atoms with Gasteiger partial charge in [0.05, 0.1) is 17.2 Å². The molecule has 0 spiro atoms. The van der Waals surface area contributed by atoms with Crippen molar-refractivity contribution in [2.24, 2.45) is 11.1 Å². The summed E-state index contributed by atoms with van der Waals surface area (Å²) in [4.78, 5) is 21.3. The van der Waals surface area contributed by atoms with Crippen LogP contribution in [-0.2, 0) is 14.5 Å². The van der Waals surface area contributed by atoms with E-state index >= 15 is 0 Å². The van der Waals surface area contributed by atoms with E-state index in [1.807, 2.05) is 18.2 Å². The van der Waals surface area contributed by atoms with Gasteiger partial charge in [0.1, 0.15) is 17.9 Å². The molecule has 1 unspecified atom stereocenters. The van der Waals surface area contributed by atoms with Crippen LogP contribution in [0.5, 0.6) is 0 Å². The predicted molar refractivity (Wildman–Crippen MR) is 118 cm³/mol. The summed E-state index contributed by atoms with van der Waals surface area (Å²) in [6, 6.07) is 10.5. The molecule has 1 aromatic carbocycles. The molecular formula is C21H21ClN4O5S. The normalized spacial score (nSPS) is 18.6. The molecule has 1 aliphatic carbocycles. The zero-order valence-electron chi connectivity index (χ0n) is 16.9. The topological polar surface area (TPSA) is 137 Å². The summed E-state index contributed by atoms with van der Waals surface area (Å²) < 4.78 is 32.5. The maximum absolute atomic E-state index is 13.1. The molecule has 9 nitrogen and oxygen atoms in total. The second-order valence-corrected chi connectivity index (χ2v) is 9.18. The van der Waals surface area contributed by atoms with E-state index in [9.17, 15) is 13.2 Å². The third-order valence-corrected chi connectivity index (χ3v) is 6.07. The molecule has 1 aliphatic rings. The van der Waals surface area contributed by atoms with Crippen molar-refractivity contribution in [3.63, 3.8) is 0 Å². The van der Waals surface area contributed by atoms with E-state index in [0.717, 1.165) is 12.8 Å². The molecule has 3 aromatic rings. The highest BCUT2D eigenvalue weighted by Crippen LogP contribution is 2.31. The standard InChI is InChI=1S/C21H21ClN4O5S/c22-17-4-2-1-3-15(17)18-7-8-19(31-18)20(27)16-10-24-12-25-21(16)26-14-6-5-13(9-14)11-30-32(23,28)29/h1-4,7-8,10,12-14H,5-6,9,11H2,(H2,23,28,29)(H,24,25,26)/t13?,14-/m0/s1. The highest BCUT2D eigenvalue weighted by atomic mass is 35.5. The Balaban J connectivity index is 1.47. The molecule has 168 valence electrons. The highest BCUT2D eigenvalue weighted by Gasteiger charge is 2.28. The first-order valence-corrected chi connectivity index (χ1v) is 11.8. The number of ketones is 1. The fraction of sp³-hybridized carbons (Fsp3) is 0.286. The number of nitrogens with two attached hydrogens (primary N) is 1. The lowest BCUT2D eigenvalue weighted by Gasteiger charge is -2.15. The third-order valence-electron chi connectivity index (χ3n) is 5.28. The van der Waals surface area contributed by atoms with E-state index in [2.05, 4.69) is 15.3 Å². The largest absolute Gasteiger partial charge is 0.453 e. The Bertz CT molecular complexity index is 1230. The first kappa shape index (κ1) is 22.4. The summed E-state index contributed by atoms with van der Waals surface area (Å²) >= 11 is 6.22. The van der Waals surface area contributed by atoms with Crippen LogP contribution in [0.3, 0.4) is 0 Å². The lowest BCUT2D eigenvalue weighted by atomic mass is 10.1. The maximum Gasteiger partial charge on any atom is 0.333 e. The number of rotatable bonds is 8. The Kier molecular flexibility index (Phi) is 6.56. The van der Waals surface area contributed by atoms with Crippen LogP contribution in [-0.4, -0.2) is 36.8 Å².